The average Bonchev–Trinajstić information content (AvgIpc) is 3.36. The van der Waals surface area contributed by atoms with E-state index in [0.29, 0.717) is 33.4 Å². The van der Waals surface area contributed by atoms with Crippen LogP contribution in [0.2, 0.25) is 0 Å². The number of nitrogens with zero attached hydrogens (tertiary/aromatic N) is 1. The molecule has 0 saturated carbocycles. The first-order valence-electron chi connectivity index (χ1n) is 13.3. The minimum absolute atomic E-state index is 0.0667. The standard InChI is InChI=1S/C31H30F3NO7S2/c1-20-13-21(2)30(22(3)14-20)44(40,41)35(17-27-11-12-28(42-27)31(32,33)34)16-23-7-9-25(10-8-23)26-6-4-5-24(15-26)18-43(38,39)19-29(36)37/h4-15H,16-19H2,1-3H3,(H,36,37). The number of benzene rings is 3. The van der Waals surface area contributed by atoms with Crippen LogP contribution in [0, 0.1) is 20.8 Å². The Morgan fingerprint density at radius 3 is 2.02 bits per heavy atom. The van der Waals surface area contributed by atoms with Crippen LogP contribution in [0.25, 0.3) is 11.1 Å². The van der Waals surface area contributed by atoms with Gasteiger partial charge in [0.25, 0.3) is 0 Å². The molecule has 0 fully saturated rings. The summed E-state index contributed by atoms with van der Waals surface area (Å²) in [5.74, 6) is -4.26. The highest BCUT2D eigenvalue weighted by molar-refractivity contribution is 7.91. The van der Waals surface area contributed by atoms with Crippen LogP contribution in [0.15, 0.2) is 82.1 Å². The maximum atomic E-state index is 14.0. The molecule has 4 aromatic rings. The lowest BCUT2D eigenvalue weighted by Crippen LogP contribution is -2.31. The number of aliphatic carboxylic acids is 1. The summed E-state index contributed by atoms with van der Waals surface area (Å²) in [6.45, 7) is 4.54. The Balaban J connectivity index is 1.65. The second-order valence-electron chi connectivity index (χ2n) is 10.6. The molecular formula is C31H30F3NO7S2. The number of aryl methyl sites for hydroxylation is 3. The van der Waals surface area contributed by atoms with Crippen molar-refractivity contribution in [2.24, 2.45) is 0 Å². The lowest BCUT2D eigenvalue weighted by molar-refractivity contribution is -0.153. The van der Waals surface area contributed by atoms with Gasteiger partial charge in [-0.2, -0.15) is 17.5 Å². The Kier molecular flexibility index (Phi) is 9.43. The monoisotopic (exact) mass is 649 g/mol. The van der Waals surface area contributed by atoms with E-state index in [9.17, 15) is 34.8 Å². The number of rotatable bonds is 11. The highest BCUT2D eigenvalue weighted by atomic mass is 32.2. The number of hydrogen-bond acceptors (Lipinski definition) is 6. The third kappa shape index (κ3) is 7.96. The zero-order valence-corrected chi connectivity index (χ0v) is 25.7. The number of carbonyl (C=O) groups is 1. The minimum atomic E-state index is -4.72. The molecule has 0 aliphatic carbocycles. The van der Waals surface area contributed by atoms with Crippen LogP contribution < -0.4 is 0 Å². The van der Waals surface area contributed by atoms with E-state index in [2.05, 4.69) is 0 Å². The molecule has 0 unspecified atom stereocenters. The van der Waals surface area contributed by atoms with Crippen LogP contribution in [0.1, 0.15) is 39.3 Å². The smallest absolute Gasteiger partial charge is 0.449 e. The minimum Gasteiger partial charge on any atom is -0.480 e. The number of sulfone groups is 1. The average molecular weight is 650 g/mol. The number of alkyl halides is 3. The molecule has 0 atom stereocenters. The molecule has 0 aliphatic rings. The number of carboxylic acids is 1. The molecule has 0 saturated heterocycles. The zero-order valence-electron chi connectivity index (χ0n) is 24.1. The number of furan rings is 1. The predicted molar refractivity (Wildman–Crippen MR) is 158 cm³/mol. The van der Waals surface area contributed by atoms with Gasteiger partial charge in [-0.05, 0) is 66.3 Å². The maximum Gasteiger partial charge on any atom is 0.449 e. The second kappa shape index (κ2) is 12.6. The fourth-order valence-corrected chi connectivity index (χ4v) is 8.03. The van der Waals surface area contributed by atoms with Crippen molar-refractivity contribution in [3.8, 4) is 11.1 Å². The molecule has 0 radical (unpaired) electrons. The van der Waals surface area contributed by atoms with Crippen molar-refractivity contribution in [2.45, 2.75) is 50.7 Å². The van der Waals surface area contributed by atoms with Gasteiger partial charge in [-0.1, -0.05) is 66.2 Å². The molecule has 1 aromatic heterocycles. The summed E-state index contributed by atoms with van der Waals surface area (Å²) < 4.78 is 97.8. The van der Waals surface area contributed by atoms with Gasteiger partial charge in [-0.15, -0.1) is 0 Å². The van der Waals surface area contributed by atoms with E-state index in [1.165, 1.54) is 0 Å². The zero-order chi connectivity index (χ0) is 32.4. The van der Waals surface area contributed by atoms with Crippen LogP contribution >= 0.6 is 0 Å². The topological polar surface area (TPSA) is 122 Å². The second-order valence-corrected chi connectivity index (χ2v) is 14.5. The first-order chi connectivity index (χ1) is 20.4. The van der Waals surface area contributed by atoms with E-state index in [1.54, 1.807) is 74.5 Å². The lowest BCUT2D eigenvalue weighted by Gasteiger charge is -2.24. The van der Waals surface area contributed by atoms with Crippen LogP contribution in [-0.2, 0) is 49.7 Å². The number of hydrogen-bond donors (Lipinski definition) is 1. The molecule has 234 valence electrons. The van der Waals surface area contributed by atoms with E-state index in [0.717, 1.165) is 22.0 Å². The number of halogens is 3. The normalized spacial score (nSPS) is 12.5. The summed E-state index contributed by atoms with van der Waals surface area (Å²) in [7, 11) is -8.07. The van der Waals surface area contributed by atoms with Crippen molar-refractivity contribution >= 4 is 25.8 Å². The third-order valence-electron chi connectivity index (χ3n) is 6.78. The van der Waals surface area contributed by atoms with E-state index in [4.69, 9.17) is 9.52 Å². The van der Waals surface area contributed by atoms with Crippen LogP contribution in [0.5, 0.6) is 0 Å². The summed E-state index contributed by atoms with van der Waals surface area (Å²) >= 11 is 0. The lowest BCUT2D eigenvalue weighted by atomic mass is 10.0. The van der Waals surface area contributed by atoms with Crippen LogP contribution in [0.3, 0.4) is 0 Å². The van der Waals surface area contributed by atoms with Crippen molar-refractivity contribution in [3.05, 3.63) is 112 Å². The number of sulfonamides is 1. The molecule has 8 nitrogen and oxygen atoms in total. The largest absolute Gasteiger partial charge is 0.480 e. The Bertz CT molecular complexity index is 1870. The molecule has 0 spiro atoms. The Morgan fingerprint density at radius 1 is 0.818 bits per heavy atom. The van der Waals surface area contributed by atoms with Gasteiger partial charge in [0.05, 0.1) is 17.2 Å². The van der Waals surface area contributed by atoms with Gasteiger partial charge < -0.3 is 9.52 Å². The molecule has 1 N–H and O–H groups in total. The highest BCUT2D eigenvalue weighted by Crippen LogP contribution is 2.33. The Hall–Kier alpha value is -3.94. The van der Waals surface area contributed by atoms with Crippen molar-refractivity contribution < 1.29 is 44.3 Å². The molecule has 44 heavy (non-hydrogen) atoms. The molecule has 1 heterocycles. The molecular weight excluding hydrogens is 619 g/mol. The molecule has 3 aromatic carbocycles. The first kappa shape index (κ1) is 33.0. The summed E-state index contributed by atoms with van der Waals surface area (Å²) in [6, 6.07) is 18.7. The maximum absolute atomic E-state index is 14.0. The van der Waals surface area contributed by atoms with Gasteiger partial charge in [0.15, 0.2) is 9.84 Å². The van der Waals surface area contributed by atoms with Gasteiger partial charge >= 0.3 is 12.1 Å². The third-order valence-corrected chi connectivity index (χ3v) is 10.3. The van der Waals surface area contributed by atoms with Crippen molar-refractivity contribution in [2.75, 3.05) is 5.75 Å². The molecule has 13 heteroatoms. The summed E-state index contributed by atoms with van der Waals surface area (Å²) in [4.78, 5) is 10.9. The van der Waals surface area contributed by atoms with Crippen LogP contribution in [-0.4, -0.2) is 38.0 Å². The molecule has 4 rings (SSSR count). The Labute approximate surface area is 253 Å². The predicted octanol–water partition coefficient (Wildman–Crippen LogP) is 6.28. The van der Waals surface area contributed by atoms with Gasteiger partial charge in [-0.25, -0.2) is 16.8 Å². The highest BCUT2D eigenvalue weighted by Gasteiger charge is 2.36. The van der Waals surface area contributed by atoms with Crippen molar-refractivity contribution in [3.63, 3.8) is 0 Å². The summed E-state index contributed by atoms with van der Waals surface area (Å²) in [5.41, 5.74) is 4.17. The summed E-state index contributed by atoms with van der Waals surface area (Å²) in [6.07, 6.45) is -4.72. The fraction of sp³-hybridized carbons (Fsp3) is 0.258. The van der Waals surface area contributed by atoms with E-state index >= 15 is 0 Å². The molecule has 0 bridgehead atoms. The first-order valence-corrected chi connectivity index (χ1v) is 16.5. The molecule has 0 aliphatic heterocycles. The van der Waals surface area contributed by atoms with Gasteiger partial charge in [-0.3, -0.25) is 4.79 Å². The van der Waals surface area contributed by atoms with E-state index in [1.807, 2.05) is 6.92 Å². The Morgan fingerprint density at radius 2 is 1.45 bits per heavy atom. The molecule has 0 amide bonds. The van der Waals surface area contributed by atoms with Crippen molar-refractivity contribution in [1.82, 2.24) is 4.31 Å². The van der Waals surface area contributed by atoms with Crippen LogP contribution in [0.4, 0.5) is 13.2 Å². The number of carboxylic acid groups (broad SMARTS) is 1. The van der Waals surface area contributed by atoms with Gasteiger partial charge in [0.1, 0.15) is 11.5 Å². The van der Waals surface area contributed by atoms with E-state index in [-0.39, 0.29) is 17.2 Å². The SMILES string of the molecule is Cc1cc(C)c(S(=O)(=O)N(Cc2ccc(-c3cccc(CS(=O)(=O)CC(=O)O)c3)cc2)Cc2ccc(C(F)(F)F)o2)c(C)c1. The van der Waals surface area contributed by atoms with E-state index < -0.39 is 55.8 Å². The van der Waals surface area contributed by atoms with Gasteiger partial charge in [0.2, 0.25) is 15.8 Å². The fourth-order valence-electron chi connectivity index (χ4n) is 5.06. The van der Waals surface area contributed by atoms with Crippen molar-refractivity contribution in [1.29, 1.82) is 0 Å². The van der Waals surface area contributed by atoms with Gasteiger partial charge in [0, 0.05) is 6.54 Å². The summed E-state index contributed by atoms with van der Waals surface area (Å²) in [5, 5.41) is 8.85. The quantitative estimate of drug-likeness (QED) is 0.203.